The molecule has 0 saturated carbocycles. The highest BCUT2D eigenvalue weighted by atomic mass is 79.9. The molecule has 2 saturated heterocycles. The molecule has 0 N–H and O–H groups in total. The lowest BCUT2D eigenvalue weighted by Crippen LogP contribution is -2.39. The third-order valence-electron chi connectivity index (χ3n) is 7.37. The Morgan fingerprint density at radius 2 is 1.63 bits per heavy atom. The van der Waals surface area contributed by atoms with Crippen molar-refractivity contribution in [3.8, 4) is 0 Å². The van der Waals surface area contributed by atoms with Crippen molar-refractivity contribution in [3.05, 3.63) is 78.1 Å². The molecule has 1 aromatic heterocycles. The maximum Gasteiger partial charge on any atom is 0.308 e. The van der Waals surface area contributed by atoms with Gasteiger partial charge in [0, 0.05) is 33.4 Å². The lowest BCUT2D eigenvalue weighted by atomic mass is 9.83. The highest BCUT2D eigenvalue weighted by molar-refractivity contribution is 9.10. The third kappa shape index (κ3) is 4.45. The van der Waals surface area contributed by atoms with Crippen LogP contribution in [0.4, 0.5) is 5.69 Å². The summed E-state index contributed by atoms with van der Waals surface area (Å²) in [6.07, 6.45) is 3.02. The summed E-state index contributed by atoms with van der Waals surface area (Å²) in [7, 11) is 0. The Balaban J connectivity index is 1.43. The van der Waals surface area contributed by atoms with E-state index in [0.29, 0.717) is 33.7 Å². The van der Waals surface area contributed by atoms with Crippen LogP contribution in [-0.2, 0) is 20.9 Å². The number of imide groups is 1. The van der Waals surface area contributed by atoms with E-state index >= 15 is 0 Å². The molecule has 2 unspecified atom stereocenters. The predicted molar refractivity (Wildman–Crippen MR) is 152 cm³/mol. The van der Waals surface area contributed by atoms with Gasteiger partial charge in [-0.05, 0) is 61.2 Å². The zero-order valence-corrected chi connectivity index (χ0v) is 24.1. The van der Waals surface area contributed by atoms with Gasteiger partial charge in [-0.2, -0.15) is 0 Å². The van der Waals surface area contributed by atoms with E-state index in [1.54, 1.807) is 36.4 Å². The summed E-state index contributed by atoms with van der Waals surface area (Å²) in [5, 5.41) is 0.439. The van der Waals surface area contributed by atoms with E-state index in [4.69, 9.17) is 11.6 Å². The largest absolute Gasteiger partial charge is 0.341 e. The summed E-state index contributed by atoms with van der Waals surface area (Å²) in [5.74, 6) is -1.89. The first-order valence-electron chi connectivity index (χ1n) is 12.4. The number of likely N-dealkylation sites (tertiary alicyclic amines) is 1. The SMILES string of the molecule is O=C(Cn1c2c(sc1=O)[C@H](c1ccc(Cl)cc1)C1C(=O)N(c3ccc(Br)cc3)C(=O)C1S2)N1CCCCC1. The Kier molecular flexibility index (Phi) is 7.00. The van der Waals surface area contributed by atoms with Crippen LogP contribution in [-0.4, -0.2) is 45.5 Å². The van der Waals surface area contributed by atoms with E-state index in [2.05, 4.69) is 15.9 Å². The molecular weight excluding hydrogens is 610 g/mol. The van der Waals surface area contributed by atoms with Crippen molar-refractivity contribution >= 4 is 74.0 Å². The van der Waals surface area contributed by atoms with Crippen LogP contribution in [0.5, 0.6) is 0 Å². The van der Waals surface area contributed by atoms with Crippen LogP contribution in [0.2, 0.25) is 5.02 Å². The summed E-state index contributed by atoms with van der Waals surface area (Å²) >= 11 is 11.9. The minimum atomic E-state index is -0.718. The first-order valence-corrected chi connectivity index (χ1v) is 15.3. The number of benzene rings is 2. The molecule has 11 heteroatoms. The molecule has 3 amide bonds. The molecule has 38 heavy (non-hydrogen) atoms. The molecular formula is C27H23BrClN3O4S2. The summed E-state index contributed by atoms with van der Waals surface area (Å²) < 4.78 is 2.34. The Hall–Kier alpha value is -2.40. The molecule has 0 radical (unpaired) electrons. The van der Waals surface area contributed by atoms with Crippen molar-refractivity contribution in [2.24, 2.45) is 5.92 Å². The molecule has 196 valence electrons. The van der Waals surface area contributed by atoms with Gasteiger partial charge < -0.3 is 4.90 Å². The molecule has 2 aromatic carbocycles. The maximum atomic E-state index is 13.9. The van der Waals surface area contributed by atoms with Gasteiger partial charge in [0.25, 0.3) is 0 Å². The van der Waals surface area contributed by atoms with Gasteiger partial charge in [-0.3, -0.25) is 23.7 Å². The number of hydrogen-bond donors (Lipinski definition) is 0. The van der Waals surface area contributed by atoms with Gasteiger partial charge in [-0.1, -0.05) is 62.8 Å². The summed E-state index contributed by atoms with van der Waals surface area (Å²) in [5.41, 5.74) is 1.31. The minimum Gasteiger partial charge on any atom is -0.341 e. The maximum absolute atomic E-state index is 13.9. The first-order chi connectivity index (χ1) is 18.3. The molecule has 2 fully saturated rings. The van der Waals surface area contributed by atoms with Crippen LogP contribution in [0.25, 0.3) is 0 Å². The van der Waals surface area contributed by atoms with Gasteiger partial charge in [0.15, 0.2) is 0 Å². The number of piperidine rings is 1. The second-order valence-electron chi connectivity index (χ2n) is 9.65. The monoisotopic (exact) mass is 631 g/mol. The van der Waals surface area contributed by atoms with Gasteiger partial charge >= 0.3 is 4.87 Å². The molecule has 0 aliphatic carbocycles. The Morgan fingerprint density at radius 3 is 2.32 bits per heavy atom. The topological polar surface area (TPSA) is 79.7 Å². The number of nitrogens with zero attached hydrogens (tertiary/aromatic N) is 3. The van der Waals surface area contributed by atoms with Crippen LogP contribution < -0.4 is 9.77 Å². The first kappa shape index (κ1) is 25.9. The van der Waals surface area contributed by atoms with Gasteiger partial charge in [0.05, 0.1) is 16.6 Å². The average molecular weight is 633 g/mol. The molecule has 3 aliphatic heterocycles. The number of aromatic nitrogens is 1. The summed E-state index contributed by atoms with van der Waals surface area (Å²) in [6.45, 7) is 1.32. The van der Waals surface area contributed by atoms with Gasteiger partial charge in [0.2, 0.25) is 17.7 Å². The minimum absolute atomic E-state index is 0.0685. The van der Waals surface area contributed by atoms with Crippen LogP contribution in [0.1, 0.15) is 35.6 Å². The van der Waals surface area contributed by atoms with E-state index in [-0.39, 0.29) is 29.1 Å². The highest BCUT2D eigenvalue weighted by Crippen LogP contribution is 2.54. The number of anilines is 1. The van der Waals surface area contributed by atoms with Crippen LogP contribution in [0, 0.1) is 5.92 Å². The fraction of sp³-hybridized carbons (Fsp3) is 0.333. The van der Waals surface area contributed by atoms with Gasteiger partial charge in [0.1, 0.15) is 11.8 Å². The van der Waals surface area contributed by atoms with Crippen LogP contribution in [0.3, 0.4) is 0 Å². The van der Waals surface area contributed by atoms with E-state index < -0.39 is 17.1 Å². The van der Waals surface area contributed by atoms with Crippen LogP contribution >= 0.6 is 50.6 Å². The number of thiazole rings is 1. The molecule has 3 aliphatic rings. The Bertz CT molecular complexity index is 1480. The standard InChI is InChI=1S/C27H23BrClN3O4S2/c28-16-6-10-18(11-7-16)32-24(34)21-20(15-4-8-17(29)9-5-15)23-26(37-22(21)25(32)35)31(27(36)38-23)14-19(33)30-12-2-1-3-13-30/h4-11,20-22H,1-3,12-14H2/t20-,21?,22?/m1/s1. The number of thioether (sulfide) groups is 1. The van der Waals surface area contributed by atoms with E-state index in [1.165, 1.54) is 21.2 Å². The van der Waals surface area contributed by atoms with E-state index in [9.17, 15) is 19.2 Å². The molecule has 4 heterocycles. The van der Waals surface area contributed by atoms with Gasteiger partial charge in [-0.15, -0.1) is 0 Å². The van der Waals surface area contributed by atoms with Crippen molar-refractivity contribution in [2.45, 2.75) is 42.0 Å². The molecule has 3 aromatic rings. The van der Waals surface area contributed by atoms with Crippen molar-refractivity contribution in [3.63, 3.8) is 0 Å². The summed E-state index contributed by atoms with van der Waals surface area (Å²) in [6, 6.07) is 14.3. The van der Waals surface area contributed by atoms with Gasteiger partial charge in [-0.25, -0.2) is 4.90 Å². The predicted octanol–water partition coefficient (Wildman–Crippen LogP) is 5.13. The zero-order valence-electron chi connectivity index (χ0n) is 20.1. The van der Waals surface area contributed by atoms with Crippen molar-refractivity contribution in [2.75, 3.05) is 18.0 Å². The highest BCUT2D eigenvalue weighted by Gasteiger charge is 2.56. The number of carbonyl (C=O) groups excluding carboxylic acids is 3. The van der Waals surface area contributed by atoms with Crippen molar-refractivity contribution in [1.29, 1.82) is 0 Å². The average Bonchev–Trinajstić information content (AvgIpc) is 3.36. The second-order valence-corrected chi connectivity index (χ2v) is 13.1. The fourth-order valence-electron chi connectivity index (χ4n) is 5.51. The van der Waals surface area contributed by atoms with Crippen LogP contribution in [0.15, 0.2) is 62.8 Å². The lowest BCUT2D eigenvalue weighted by Gasteiger charge is -2.31. The third-order valence-corrected chi connectivity index (χ3v) is 10.7. The summed E-state index contributed by atoms with van der Waals surface area (Å²) in [4.78, 5) is 57.5. The van der Waals surface area contributed by atoms with E-state index in [0.717, 1.165) is 40.6 Å². The Labute approximate surface area is 240 Å². The molecule has 0 spiro atoms. The molecule has 7 nitrogen and oxygen atoms in total. The quantitative estimate of drug-likeness (QED) is 0.373. The molecule has 3 atom stereocenters. The number of carbonyl (C=O) groups is 3. The number of halogens is 2. The number of rotatable bonds is 4. The normalized spacial score (nSPS) is 22.9. The smallest absolute Gasteiger partial charge is 0.308 e. The van der Waals surface area contributed by atoms with Crippen molar-refractivity contribution < 1.29 is 14.4 Å². The molecule has 0 bridgehead atoms. The second kappa shape index (κ2) is 10.3. The van der Waals surface area contributed by atoms with E-state index in [1.807, 2.05) is 17.0 Å². The zero-order chi connectivity index (χ0) is 26.6. The molecule has 6 rings (SSSR count). The fourth-order valence-corrected chi connectivity index (χ4v) is 8.67. The Morgan fingerprint density at radius 1 is 0.947 bits per heavy atom. The van der Waals surface area contributed by atoms with Crippen molar-refractivity contribution in [1.82, 2.24) is 9.47 Å². The number of hydrogen-bond acceptors (Lipinski definition) is 6. The lowest BCUT2D eigenvalue weighted by molar-refractivity contribution is -0.133. The number of fused-ring (bicyclic) bond motifs is 2. The number of amides is 3.